The van der Waals surface area contributed by atoms with Gasteiger partial charge < -0.3 is 19.3 Å². The first kappa shape index (κ1) is 31.0. The molecule has 0 radical (unpaired) electrons. The average molecular weight is 468 g/mol. The van der Waals surface area contributed by atoms with E-state index in [9.17, 15) is 9.46 Å². The Morgan fingerprint density at radius 1 is 0.839 bits per heavy atom. The lowest BCUT2D eigenvalue weighted by Crippen LogP contribution is -2.25. The van der Waals surface area contributed by atoms with E-state index >= 15 is 0 Å². The SMILES string of the molecule is COC(COCCC(C)CCCC(C)CCCC(C)C)COP(=O)(O)OCCN(C)C. The van der Waals surface area contributed by atoms with E-state index in [1.807, 2.05) is 19.0 Å². The third-order valence-electron chi connectivity index (χ3n) is 5.48. The lowest BCUT2D eigenvalue weighted by Gasteiger charge is -2.19. The fourth-order valence-corrected chi connectivity index (χ4v) is 3.96. The van der Waals surface area contributed by atoms with Crippen molar-refractivity contribution in [2.24, 2.45) is 17.8 Å². The topological polar surface area (TPSA) is 77.5 Å². The number of methoxy groups -OCH3 is 1. The fraction of sp³-hybridized carbons (Fsp3) is 1.00. The van der Waals surface area contributed by atoms with E-state index in [2.05, 4.69) is 27.7 Å². The zero-order valence-electron chi connectivity index (χ0n) is 21.2. The molecule has 0 rings (SSSR count). The Morgan fingerprint density at radius 2 is 1.42 bits per heavy atom. The molecule has 0 aromatic rings. The molecule has 0 aromatic carbocycles. The monoisotopic (exact) mass is 467 g/mol. The minimum atomic E-state index is -4.07. The van der Waals surface area contributed by atoms with E-state index in [1.165, 1.54) is 45.6 Å². The molecule has 0 amide bonds. The van der Waals surface area contributed by atoms with Gasteiger partial charge in [-0.15, -0.1) is 0 Å². The highest BCUT2D eigenvalue weighted by molar-refractivity contribution is 7.47. The van der Waals surface area contributed by atoms with Crippen molar-refractivity contribution in [1.82, 2.24) is 4.90 Å². The summed E-state index contributed by atoms with van der Waals surface area (Å²) in [7, 11) is 1.20. The minimum Gasteiger partial charge on any atom is -0.379 e. The number of phosphoric ester groups is 1. The molecular weight excluding hydrogens is 417 g/mol. The largest absolute Gasteiger partial charge is 0.472 e. The molecule has 0 spiro atoms. The highest BCUT2D eigenvalue weighted by Gasteiger charge is 2.23. The summed E-state index contributed by atoms with van der Waals surface area (Å²) >= 11 is 0. The van der Waals surface area contributed by atoms with Crippen LogP contribution in [0.25, 0.3) is 0 Å². The molecule has 4 atom stereocenters. The number of phosphoric acid groups is 1. The van der Waals surface area contributed by atoms with E-state index in [0.717, 1.165) is 18.3 Å². The van der Waals surface area contributed by atoms with Gasteiger partial charge in [0.05, 0.1) is 19.8 Å². The Balaban J connectivity index is 3.84. The summed E-state index contributed by atoms with van der Waals surface area (Å²) in [5.41, 5.74) is 0. The Kier molecular flexibility index (Phi) is 18.4. The third kappa shape index (κ3) is 20.3. The van der Waals surface area contributed by atoms with Crippen molar-refractivity contribution >= 4 is 7.82 Å². The average Bonchev–Trinajstić information content (AvgIpc) is 2.66. The van der Waals surface area contributed by atoms with Crippen LogP contribution in [0, 0.1) is 17.8 Å². The van der Waals surface area contributed by atoms with Crippen LogP contribution in [-0.4, -0.2) is 70.1 Å². The van der Waals surface area contributed by atoms with Crippen molar-refractivity contribution in [3.05, 3.63) is 0 Å². The predicted octanol–water partition coefficient (Wildman–Crippen LogP) is 5.37. The van der Waals surface area contributed by atoms with Crippen molar-refractivity contribution in [3.63, 3.8) is 0 Å². The van der Waals surface area contributed by atoms with E-state index in [-0.39, 0.29) is 13.2 Å². The molecule has 0 saturated heterocycles. The van der Waals surface area contributed by atoms with Crippen LogP contribution in [-0.2, 0) is 23.1 Å². The molecule has 7 nitrogen and oxygen atoms in total. The first-order valence-corrected chi connectivity index (χ1v) is 13.4. The Bertz CT molecular complexity index is 463. The van der Waals surface area contributed by atoms with Crippen LogP contribution in [0.4, 0.5) is 0 Å². The molecule has 0 aliphatic carbocycles. The molecule has 0 aliphatic heterocycles. The standard InChI is InChI=1S/C23H50NO6P/c1-20(2)10-8-11-21(3)12-9-13-22(4)14-16-28-18-23(27-7)19-30-31(25,26)29-17-15-24(5)6/h20-23H,8-19H2,1-7H3,(H,25,26). The van der Waals surface area contributed by atoms with Crippen molar-refractivity contribution in [2.45, 2.75) is 78.7 Å². The molecule has 0 heterocycles. The van der Waals surface area contributed by atoms with Gasteiger partial charge in [0.1, 0.15) is 6.10 Å². The second-order valence-electron chi connectivity index (χ2n) is 9.59. The van der Waals surface area contributed by atoms with Crippen molar-refractivity contribution in [1.29, 1.82) is 0 Å². The summed E-state index contributed by atoms with van der Waals surface area (Å²) in [5.74, 6) is 2.26. The molecular formula is C23H50NO6P. The maximum atomic E-state index is 11.9. The van der Waals surface area contributed by atoms with Crippen LogP contribution >= 0.6 is 7.82 Å². The summed E-state index contributed by atoms with van der Waals surface area (Å²) in [4.78, 5) is 11.6. The van der Waals surface area contributed by atoms with Gasteiger partial charge in [0.2, 0.25) is 0 Å². The van der Waals surface area contributed by atoms with E-state index in [1.54, 1.807) is 0 Å². The highest BCUT2D eigenvalue weighted by atomic mass is 31.2. The van der Waals surface area contributed by atoms with Crippen molar-refractivity contribution in [3.8, 4) is 0 Å². The maximum Gasteiger partial charge on any atom is 0.472 e. The fourth-order valence-electron chi connectivity index (χ4n) is 3.21. The second kappa shape index (κ2) is 18.4. The zero-order valence-corrected chi connectivity index (χ0v) is 22.1. The van der Waals surface area contributed by atoms with Crippen molar-refractivity contribution < 1.29 is 28.0 Å². The van der Waals surface area contributed by atoms with Crippen LogP contribution in [0.2, 0.25) is 0 Å². The molecule has 0 saturated carbocycles. The summed E-state index contributed by atoms with van der Waals surface area (Å²) in [6.07, 6.45) is 8.45. The molecule has 188 valence electrons. The predicted molar refractivity (Wildman–Crippen MR) is 127 cm³/mol. The maximum absolute atomic E-state index is 11.9. The van der Waals surface area contributed by atoms with Gasteiger partial charge in [-0.3, -0.25) is 9.05 Å². The van der Waals surface area contributed by atoms with Crippen molar-refractivity contribution in [2.75, 3.05) is 54.2 Å². The molecule has 0 aromatic heterocycles. The van der Waals surface area contributed by atoms with Gasteiger partial charge in [0.15, 0.2) is 0 Å². The molecule has 31 heavy (non-hydrogen) atoms. The number of hydrogen-bond donors (Lipinski definition) is 1. The molecule has 1 N–H and O–H groups in total. The van der Waals surface area contributed by atoms with Crippen LogP contribution < -0.4 is 0 Å². The van der Waals surface area contributed by atoms with E-state index in [0.29, 0.717) is 25.7 Å². The zero-order chi connectivity index (χ0) is 23.7. The number of hydrogen-bond acceptors (Lipinski definition) is 6. The Morgan fingerprint density at radius 3 is 1.97 bits per heavy atom. The van der Waals surface area contributed by atoms with Gasteiger partial charge in [-0.05, 0) is 38.3 Å². The minimum absolute atomic E-state index is 0.0451. The van der Waals surface area contributed by atoms with Gasteiger partial charge in [0, 0.05) is 20.3 Å². The van der Waals surface area contributed by atoms with Crippen LogP contribution in [0.3, 0.4) is 0 Å². The van der Waals surface area contributed by atoms with Crippen LogP contribution in [0.1, 0.15) is 72.6 Å². The quantitative estimate of drug-likeness (QED) is 0.180. The highest BCUT2D eigenvalue weighted by Crippen LogP contribution is 2.43. The number of nitrogens with zero attached hydrogens (tertiary/aromatic N) is 1. The first-order valence-electron chi connectivity index (χ1n) is 11.9. The lowest BCUT2D eigenvalue weighted by molar-refractivity contribution is -0.0237. The normalized spacial score (nSPS) is 17.1. The lowest BCUT2D eigenvalue weighted by atomic mass is 9.93. The van der Waals surface area contributed by atoms with Gasteiger partial charge in [0.25, 0.3) is 0 Å². The van der Waals surface area contributed by atoms with Gasteiger partial charge >= 0.3 is 7.82 Å². The van der Waals surface area contributed by atoms with Crippen LogP contribution in [0.15, 0.2) is 0 Å². The summed E-state index contributed by atoms with van der Waals surface area (Å²) < 4.78 is 32.8. The number of likely N-dealkylation sites (N-methyl/N-ethyl adjacent to an activating group) is 1. The molecule has 0 bridgehead atoms. The smallest absolute Gasteiger partial charge is 0.379 e. The summed E-state index contributed by atoms with van der Waals surface area (Å²) in [6.45, 7) is 10.8. The number of rotatable bonds is 21. The first-order chi connectivity index (χ1) is 14.6. The Hall–Kier alpha value is -0.0100. The van der Waals surface area contributed by atoms with E-state index in [4.69, 9.17) is 18.5 Å². The third-order valence-corrected chi connectivity index (χ3v) is 6.47. The molecule has 4 unspecified atom stereocenters. The van der Waals surface area contributed by atoms with E-state index < -0.39 is 13.9 Å². The molecule has 0 aliphatic rings. The second-order valence-corrected chi connectivity index (χ2v) is 11.0. The number of ether oxygens (including phenoxy) is 2. The molecule has 8 heteroatoms. The summed E-state index contributed by atoms with van der Waals surface area (Å²) in [5, 5.41) is 0. The summed E-state index contributed by atoms with van der Waals surface area (Å²) in [6, 6.07) is 0. The van der Waals surface area contributed by atoms with Gasteiger partial charge in [-0.25, -0.2) is 4.57 Å². The van der Waals surface area contributed by atoms with Crippen LogP contribution in [0.5, 0.6) is 0 Å². The molecule has 0 fully saturated rings. The Labute approximate surface area is 191 Å². The van der Waals surface area contributed by atoms with Gasteiger partial charge in [-0.1, -0.05) is 66.2 Å². The van der Waals surface area contributed by atoms with Gasteiger partial charge in [-0.2, -0.15) is 0 Å².